The van der Waals surface area contributed by atoms with Crippen molar-refractivity contribution in [1.29, 1.82) is 0 Å². The molecule has 0 heterocycles. The van der Waals surface area contributed by atoms with E-state index in [-0.39, 0.29) is 6.10 Å². The van der Waals surface area contributed by atoms with Gasteiger partial charge in [0, 0.05) is 18.2 Å². The van der Waals surface area contributed by atoms with Gasteiger partial charge in [-0.05, 0) is 25.5 Å². The van der Waals surface area contributed by atoms with Crippen molar-refractivity contribution in [3.05, 3.63) is 35.4 Å². The highest BCUT2D eigenvalue weighted by molar-refractivity contribution is 5.18. The van der Waals surface area contributed by atoms with Crippen LogP contribution in [-0.2, 0) is 6.54 Å². The van der Waals surface area contributed by atoms with E-state index in [0.717, 1.165) is 6.07 Å². The highest BCUT2D eigenvalue weighted by Crippen LogP contribution is 2.09. The first-order chi connectivity index (χ1) is 7.63. The standard InChI is InChI=1S/C12H17F2NO/c1-2-11(16)5-6-15-8-9-3-4-10(13)7-12(9)14/h3-4,7,11,15-16H,2,5-6,8H2,1H3. The lowest BCUT2D eigenvalue weighted by Gasteiger charge is -2.09. The fourth-order valence-corrected chi connectivity index (χ4v) is 1.36. The van der Waals surface area contributed by atoms with Crippen LogP contribution in [0.15, 0.2) is 18.2 Å². The first kappa shape index (κ1) is 13.1. The fourth-order valence-electron chi connectivity index (χ4n) is 1.36. The molecule has 16 heavy (non-hydrogen) atoms. The summed E-state index contributed by atoms with van der Waals surface area (Å²) in [6.07, 6.45) is 1.04. The number of rotatable bonds is 6. The molecule has 0 saturated carbocycles. The predicted molar refractivity (Wildman–Crippen MR) is 59.0 cm³/mol. The SMILES string of the molecule is CCC(O)CCNCc1ccc(F)cc1F. The minimum atomic E-state index is -0.567. The van der Waals surface area contributed by atoms with Crippen molar-refractivity contribution in [1.82, 2.24) is 5.32 Å². The van der Waals surface area contributed by atoms with Gasteiger partial charge in [-0.15, -0.1) is 0 Å². The van der Waals surface area contributed by atoms with E-state index in [1.165, 1.54) is 12.1 Å². The molecule has 0 aliphatic heterocycles. The van der Waals surface area contributed by atoms with Gasteiger partial charge in [-0.1, -0.05) is 13.0 Å². The third kappa shape index (κ3) is 4.24. The zero-order valence-electron chi connectivity index (χ0n) is 9.34. The Bertz CT molecular complexity index is 331. The van der Waals surface area contributed by atoms with Crippen LogP contribution < -0.4 is 5.32 Å². The molecule has 90 valence electrons. The lowest BCUT2D eigenvalue weighted by molar-refractivity contribution is 0.159. The molecule has 2 N–H and O–H groups in total. The second-order valence-corrected chi connectivity index (χ2v) is 3.76. The molecule has 1 aromatic carbocycles. The van der Waals surface area contributed by atoms with E-state index in [1.54, 1.807) is 0 Å². The Labute approximate surface area is 94.3 Å². The van der Waals surface area contributed by atoms with Gasteiger partial charge in [0.1, 0.15) is 11.6 Å². The Morgan fingerprint density at radius 1 is 1.38 bits per heavy atom. The molecule has 0 fully saturated rings. The van der Waals surface area contributed by atoms with Crippen LogP contribution in [0.2, 0.25) is 0 Å². The van der Waals surface area contributed by atoms with Crippen LogP contribution >= 0.6 is 0 Å². The van der Waals surface area contributed by atoms with Gasteiger partial charge in [0.25, 0.3) is 0 Å². The average molecular weight is 229 g/mol. The van der Waals surface area contributed by atoms with E-state index >= 15 is 0 Å². The van der Waals surface area contributed by atoms with Gasteiger partial charge in [-0.3, -0.25) is 0 Å². The Balaban J connectivity index is 2.32. The Morgan fingerprint density at radius 3 is 2.75 bits per heavy atom. The molecule has 0 spiro atoms. The first-order valence-corrected chi connectivity index (χ1v) is 5.46. The van der Waals surface area contributed by atoms with Gasteiger partial charge >= 0.3 is 0 Å². The number of aliphatic hydroxyl groups excluding tert-OH is 1. The molecule has 0 aliphatic rings. The molecule has 1 unspecified atom stereocenters. The van der Waals surface area contributed by atoms with Crippen LogP contribution in [0.1, 0.15) is 25.3 Å². The van der Waals surface area contributed by atoms with Crippen molar-refractivity contribution in [2.75, 3.05) is 6.54 Å². The van der Waals surface area contributed by atoms with E-state index < -0.39 is 11.6 Å². The molecule has 1 rings (SSSR count). The van der Waals surface area contributed by atoms with Gasteiger partial charge in [0.2, 0.25) is 0 Å². The van der Waals surface area contributed by atoms with Gasteiger partial charge < -0.3 is 10.4 Å². The third-order valence-electron chi connectivity index (χ3n) is 2.46. The van der Waals surface area contributed by atoms with Gasteiger partial charge in [-0.2, -0.15) is 0 Å². The average Bonchev–Trinajstić information content (AvgIpc) is 2.26. The molecule has 0 amide bonds. The van der Waals surface area contributed by atoms with Crippen molar-refractivity contribution in [3.63, 3.8) is 0 Å². The summed E-state index contributed by atoms with van der Waals surface area (Å²) in [5, 5.41) is 12.3. The molecular formula is C12H17F2NO. The molecule has 0 radical (unpaired) electrons. The van der Waals surface area contributed by atoms with Crippen LogP contribution in [-0.4, -0.2) is 17.8 Å². The second-order valence-electron chi connectivity index (χ2n) is 3.76. The summed E-state index contributed by atoms with van der Waals surface area (Å²) in [6, 6.07) is 3.53. The molecule has 0 aromatic heterocycles. The maximum Gasteiger partial charge on any atom is 0.130 e. The molecule has 0 saturated heterocycles. The van der Waals surface area contributed by atoms with Crippen molar-refractivity contribution < 1.29 is 13.9 Å². The Hall–Kier alpha value is -1.00. The minimum Gasteiger partial charge on any atom is -0.393 e. The van der Waals surface area contributed by atoms with E-state index in [9.17, 15) is 13.9 Å². The lowest BCUT2D eigenvalue weighted by Crippen LogP contribution is -2.20. The van der Waals surface area contributed by atoms with Crippen LogP contribution in [0, 0.1) is 11.6 Å². The Kier molecular flexibility index (Phi) is 5.35. The Morgan fingerprint density at radius 2 is 2.12 bits per heavy atom. The predicted octanol–water partition coefficient (Wildman–Crippen LogP) is 2.22. The topological polar surface area (TPSA) is 32.3 Å². The van der Waals surface area contributed by atoms with Gasteiger partial charge in [-0.25, -0.2) is 8.78 Å². The zero-order valence-corrected chi connectivity index (χ0v) is 9.34. The number of halogens is 2. The quantitative estimate of drug-likeness (QED) is 0.733. The number of hydrogen-bond donors (Lipinski definition) is 2. The molecule has 4 heteroatoms. The van der Waals surface area contributed by atoms with Crippen molar-refractivity contribution in [2.24, 2.45) is 0 Å². The van der Waals surface area contributed by atoms with Gasteiger partial charge in [0.05, 0.1) is 6.10 Å². The third-order valence-corrected chi connectivity index (χ3v) is 2.46. The summed E-state index contributed by atoms with van der Waals surface area (Å²) in [7, 11) is 0. The van der Waals surface area contributed by atoms with Gasteiger partial charge in [0.15, 0.2) is 0 Å². The van der Waals surface area contributed by atoms with Crippen LogP contribution in [0.3, 0.4) is 0 Å². The highest BCUT2D eigenvalue weighted by Gasteiger charge is 2.04. The zero-order chi connectivity index (χ0) is 12.0. The normalized spacial score (nSPS) is 12.8. The number of aliphatic hydroxyl groups is 1. The molecule has 1 aromatic rings. The summed E-state index contributed by atoms with van der Waals surface area (Å²) in [4.78, 5) is 0. The molecule has 0 aliphatic carbocycles. The number of hydrogen-bond acceptors (Lipinski definition) is 2. The maximum absolute atomic E-state index is 13.2. The summed E-state index contributed by atoms with van der Waals surface area (Å²) in [6.45, 7) is 2.87. The van der Waals surface area contributed by atoms with Crippen LogP contribution in [0.4, 0.5) is 8.78 Å². The smallest absolute Gasteiger partial charge is 0.130 e. The fraction of sp³-hybridized carbons (Fsp3) is 0.500. The first-order valence-electron chi connectivity index (χ1n) is 5.46. The van der Waals surface area contributed by atoms with E-state index in [1.807, 2.05) is 6.92 Å². The maximum atomic E-state index is 13.2. The molecular weight excluding hydrogens is 212 g/mol. The highest BCUT2D eigenvalue weighted by atomic mass is 19.1. The van der Waals surface area contributed by atoms with E-state index in [4.69, 9.17) is 0 Å². The summed E-state index contributed by atoms with van der Waals surface area (Å²) < 4.78 is 25.8. The largest absolute Gasteiger partial charge is 0.393 e. The second kappa shape index (κ2) is 6.55. The van der Waals surface area contributed by atoms with Crippen LogP contribution in [0.25, 0.3) is 0 Å². The van der Waals surface area contributed by atoms with Crippen molar-refractivity contribution in [3.8, 4) is 0 Å². The minimum absolute atomic E-state index is 0.314. The molecule has 0 bridgehead atoms. The number of nitrogens with one attached hydrogen (secondary N) is 1. The van der Waals surface area contributed by atoms with Crippen molar-refractivity contribution >= 4 is 0 Å². The number of benzene rings is 1. The monoisotopic (exact) mass is 229 g/mol. The summed E-state index contributed by atoms with van der Waals surface area (Å²) in [5.41, 5.74) is 0.437. The van der Waals surface area contributed by atoms with E-state index in [0.29, 0.717) is 31.5 Å². The van der Waals surface area contributed by atoms with E-state index in [2.05, 4.69) is 5.32 Å². The molecule has 2 nitrogen and oxygen atoms in total. The van der Waals surface area contributed by atoms with Crippen molar-refractivity contribution in [2.45, 2.75) is 32.4 Å². The summed E-state index contributed by atoms with van der Waals surface area (Å²) in [5.74, 6) is -1.11. The molecule has 1 atom stereocenters. The van der Waals surface area contributed by atoms with Crippen LogP contribution in [0.5, 0.6) is 0 Å². The lowest BCUT2D eigenvalue weighted by atomic mass is 10.2. The summed E-state index contributed by atoms with van der Waals surface area (Å²) >= 11 is 0.